The van der Waals surface area contributed by atoms with E-state index in [1.54, 1.807) is 19.2 Å². The molecule has 2 N–H and O–H groups in total. The molecule has 0 radical (unpaired) electrons. The van der Waals surface area contributed by atoms with Crippen LogP contribution in [0.15, 0.2) is 29.3 Å². The summed E-state index contributed by atoms with van der Waals surface area (Å²) in [4.78, 5) is 9.04. The average molecular weight is 321 g/mol. The van der Waals surface area contributed by atoms with E-state index in [-0.39, 0.29) is 5.82 Å². The van der Waals surface area contributed by atoms with Crippen LogP contribution in [0.3, 0.4) is 0 Å². The lowest BCUT2D eigenvalue weighted by molar-refractivity contribution is 0.280. The van der Waals surface area contributed by atoms with Gasteiger partial charge in [0.2, 0.25) is 0 Å². The van der Waals surface area contributed by atoms with Crippen LogP contribution in [-0.2, 0) is 6.54 Å². The first kappa shape index (κ1) is 17.7. The summed E-state index contributed by atoms with van der Waals surface area (Å²) in [5.41, 5.74) is 0.644. The third-order valence-electron chi connectivity index (χ3n) is 4.16. The molecule has 1 aromatic carbocycles. The lowest BCUT2D eigenvalue weighted by atomic mass is 10.2. The molecule has 5 nitrogen and oxygen atoms in total. The van der Waals surface area contributed by atoms with Gasteiger partial charge in [0.15, 0.2) is 5.96 Å². The zero-order valence-corrected chi connectivity index (χ0v) is 14.2. The summed E-state index contributed by atoms with van der Waals surface area (Å²) in [6.45, 7) is 6.82. The van der Waals surface area contributed by atoms with E-state index in [4.69, 9.17) is 0 Å². The minimum Gasteiger partial charge on any atom is -0.355 e. The number of halogens is 1. The molecule has 23 heavy (non-hydrogen) atoms. The molecule has 0 bridgehead atoms. The average Bonchev–Trinajstić information content (AvgIpc) is 2.76. The number of hydrogen-bond donors (Lipinski definition) is 2. The van der Waals surface area contributed by atoms with E-state index in [1.165, 1.54) is 19.0 Å². The summed E-state index contributed by atoms with van der Waals surface area (Å²) < 4.78 is 13.6. The fraction of sp³-hybridized carbons (Fsp3) is 0.588. The first-order chi connectivity index (χ1) is 11.2. The van der Waals surface area contributed by atoms with Crippen molar-refractivity contribution in [2.24, 2.45) is 4.99 Å². The van der Waals surface area contributed by atoms with Gasteiger partial charge in [0.25, 0.3) is 0 Å². The zero-order valence-electron chi connectivity index (χ0n) is 14.2. The van der Waals surface area contributed by atoms with Crippen LogP contribution in [0.5, 0.6) is 0 Å². The number of guanidine groups is 1. The molecule has 0 saturated carbocycles. The Kier molecular flexibility index (Phi) is 7.29. The SMILES string of the molecule is CN=C(NCCN1CCCN(C)CC1)NCc1ccccc1F. The first-order valence-corrected chi connectivity index (χ1v) is 8.28. The molecule has 1 aliphatic rings. The van der Waals surface area contributed by atoms with E-state index >= 15 is 0 Å². The van der Waals surface area contributed by atoms with E-state index in [9.17, 15) is 4.39 Å². The molecule has 6 heteroatoms. The Morgan fingerprint density at radius 3 is 2.78 bits per heavy atom. The molecule has 0 aromatic heterocycles. The quantitative estimate of drug-likeness (QED) is 0.630. The second-order valence-corrected chi connectivity index (χ2v) is 5.94. The topological polar surface area (TPSA) is 42.9 Å². The smallest absolute Gasteiger partial charge is 0.191 e. The number of likely N-dealkylation sites (N-methyl/N-ethyl adjacent to an activating group) is 1. The van der Waals surface area contributed by atoms with Crippen molar-refractivity contribution in [3.63, 3.8) is 0 Å². The molecule has 0 aliphatic carbocycles. The maximum Gasteiger partial charge on any atom is 0.191 e. The Bertz CT molecular complexity index is 506. The predicted octanol–water partition coefficient (Wildman–Crippen LogP) is 1.13. The van der Waals surface area contributed by atoms with Crippen molar-refractivity contribution >= 4 is 5.96 Å². The molecular formula is C17H28FN5. The number of nitrogens with zero attached hydrogens (tertiary/aromatic N) is 3. The van der Waals surface area contributed by atoms with Crippen LogP contribution in [0.1, 0.15) is 12.0 Å². The summed E-state index contributed by atoms with van der Waals surface area (Å²) in [6, 6.07) is 6.80. The van der Waals surface area contributed by atoms with E-state index < -0.39 is 0 Å². The van der Waals surface area contributed by atoms with Crippen molar-refractivity contribution in [2.75, 3.05) is 53.4 Å². The molecule has 1 heterocycles. The van der Waals surface area contributed by atoms with Gasteiger partial charge in [0.1, 0.15) is 5.82 Å². The maximum atomic E-state index is 13.6. The van der Waals surface area contributed by atoms with E-state index in [2.05, 4.69) is 32.5 Å². The van der Waals surface area contributed by atoms with Gasteiger partial charge in [0.05, 0.1) is 0 Å². The summed E-state index contributed by atoms with van der Waals surface area (Å²) in [5, 5.41) is 6.46. The van der Waals surface area contributed by atoms with Gasteiger partial charge in [0, 0.05) is 45.3 Å². The Balaban J connectivity index is 1.70. The maximum absolute atomic E-state index is 13.6. The summed E-state index contributed by atoms with van der Waals surface area (Å²) in [7, 11) is 3.91. The summed E-state index contributed by atoms with van der Waals surface area (Å²) in [5.74, 6) is 0.518. The third kappa shape index (κ3) is 6.15. The minimum absolute atomic E-state index is 0.191. The van der Waals surface area contributed by atoms with Gasteiger partial charge in [-0.3, -0.25) is 4.99 Å². The normalized spacial score (nSPS) is 17.8. The van der Waals surface area contributed by atoms with E-state index in [0.29, 0.717) is 18.1 Å². The molecule has 0 unspecified atom stereocenters. The van der Waals surface area contributed by atoms with Crippen LogP contribution in [0.4, 0.5) is 4.39 Å². The van der Waals surface area contributed by atoms with Crippen molar-refractivity contribution in [3.8, 4) is 0 Å². The second-order valence-electron chi connectivity index (χ2n) is 5.94. The fourth-order valence-electron chi connectivity index (χ4n) is 2.70. The number of aliphatic imine (C=N–C) groups is 1. The highest BCUT2D eigenvalue weighted by atomic mass is 19.1. The van der Waals surface area contributed by atoms with E-state index in [0.717, 1.165) is 32.7 Å². The van der Waals surface area contributed by atoms with E-state index in [1.807, 2.05) is 6.07 Å². The molecule has 1 aliphatic heterocycles. The molecule has 0 atom stereocenters. The molecule has 2 rings (SSSR count). The monoisotopic (exact) mass is 321 g/mol. The van der Waals surface area contributed by atoms with Gasteiger partial charge < -0.3 is 20.4 Å². The third-order valence-corrected chi connectivity index (χ3v) is 4.16. The molecule has 0 spiro atoms. The number of rotatable bonds is 5. The summed E-state index contributed by atoms with van der Waals surface area (Å²) in [6.07, 6.45) is 1.22. The fourth-order valence-corrected chi connectivity index (χ4v) is 2.70. The Morgan fingerprint density at radius 1 is 1.17 bits per heavy atom. The molecule has 0 amide bonds. The van der Waals surface area contributed by atoms with Crippen LogP contribution >= 0.6 is 0 Å². The molecule has 1 aromatic rings. The number of benzene rings is 1. The lowest BCUT2D eigenvalue weighted by Crippen LogP contribution is -2.42. The second kappa shape index (κ2) is 9.47. The largest absolute Gasteiger partial charge is 0.355 e. The van der Waals surface area contributed by atoms with Gasteiger partial charge in [-0.25, -0.2) is 4.39 Å². The van der Waals surface area contributed by atoms with Crippen molar-refractivity contribution in [1.29, 1.82) is 0 Å². The molecular weight excluding hydrogens is 293 g/mol. The molecule has 128 valence electrons. The van der Waals surface area contributed by atoms with Gasteiger partial charge >= 0.3 is 0 Å². The van der Waals surface area contributed by atoms with Gasteiger partial charge in [-0.15, -0.1) is 0 Å². The lowest BCUT2D eigenvalue weighted by Gasteiger charge is -2.21. The Hall–Kier alpha value is -1.66. The van der Waals surface area contributed by atoms with Crippen molar-refractivity contribution in [3.05, 3.63) is 35.6 Å². The van der Waals surface area contributed by atoms with Crippen LogP contribution in [0, 0.1) is 5.82 Å². The highest BCUT2D eigenvalue weighted by Gasteiger charge is 2.11. The van der Waals surface area contributed by atoms with Crippen molar-refractivity contribution in [2.45, 2.75) is 13.0 Å². The number of nitrogens with one attached hydrogen (secondary N) is 2. The zero-order chi connectivity index (χ0) is 16.5. The van der Waals surface area contributed by atoms with Crippen LogP contribution in [0.25, 0.3) is 0 Å². The highest BCUT2D eigenvalue weighted by molar-refractivity contribution is 5.79. The standard InChI is InChI=1S/C17H28FN5/c1-19-17(21-14-15-6-3-4-7-16(15)18)20-8-11-23-10-5-9-22(2)12-13-23/h3-4,6-7H,5,8-14H2,1-2H3,(H2,19,20,21). The van der Waals surface area contributed by atoms with Crippen LogP contribution in [-0.4, -0.2) is 69.1 Å². The Labute approximate surface area is 138 Å². The predicted molar refractivity (Wildman–Crippen MR) is 93.2 cm³/mol. The first-order valence-electron chi connectivity index (χ1n) is 8.28. The van der Waals surface area contributed by atoms with Crippen molar-refractivity contribution in [1.82, 2.24) is 20.4 Å². The van der Waals surface area contributed by atoms with Gasteiger partial charge in [-0.2, -0.15) is 0 Å². The van der Waals surface area contributed by atoms with Crippen LogP contribution in [0.2, 0.25) is 0 Å². The van der Waals surface area contributed by atoms with Gasteiger partial charge in [-0.05, 0) is 32.6 Å². The highest BCUT2D eigenvalue weighted by Crippen LogP contribution is 2.05. The minimum atomic E-state index is -0.191. The molecule has 1 fully saturated rings. The van der Waals surface area contributed by atoms with Gasteiger partial charge in [-0.1, -0.05) is 18.2 Å². The van der Waals surface area contributed by atoms with Crippen molar-refractivity contribution < 1.29 is 4.39 Å². The number of hydrogen-bond acceptors (Lipinski definition) is 3. The molecule has 1 saturated heterocycles. The summed E-state index contributed by atoms with van der Waals surface area (Å²) >= 11 is 0. The van der Waals surface area contributed by atoms with Crippen LogP contribution < -0.4 is 10.6 Å². The Morgan fingerprint density at radius 2 is 2.00 bits per heavy atom.